The van der Waals surface area contributed by atoms with Crippen molar-refractivity contribution < 1.29 is 18.9 Å². The van der Waals surface area contributed by atoms with Gasteiger partial charge in [-0.15, -0.1) is 35.3 Å². The number of aliphatic imine (C=N–C) groups is 1. The second-order valence-electron chi connectivity index (χ2n) is 6.78. The molecular weight excluding hydrogens is 529 g/mol. The summed E-state index contributed by atoms with van der Waals surface area (Å²) in [5.41, 5.74) is 0.915. The lowest BCUT2D eigenvalue weighted by Crippen LogP contribution is -2.32. The van der Waals surface area contributed by atoms with Crippen LogP contribution in [0.25, 0.3) is 0 Å². The van der Waals surface area contributed by atoms with Crippen LogP contribution in [0.1, 0.15) is 17.7 Å². The number of anilines is 1. The predicted molar refractivity (Wildman–Crippen MR) is 137 cm³/mol. The Bertz CT molecular complexity index is 774. The summed E-state index contributed by atoms with van der Waals surface area (Å²) < 4.78 is 22.0. The van der Waals surface area contributed by atoms with Gasteiger partial charge < -0.3 is 29.6 Å². The van der Waals surface area contributed by atoms with E-state index in [4.69, 9.17) is 23.9 Å². The fourth-order valence-corrected chi connectivity index (χ4v) is 3.59. The van der Waals surface area contributed by atoms with Crippen molar-refractivity contribution in [2.75, 3.05) is 58.6 Å². The average Bonchev–Trinajstić information content (AvgIpc) is 3.16. The number of methoxy groups -OCH3 is 1. The zero-order chi connectivity index (χ0) is 20.9. The van der Waals surface area contributed by atoms with Gasteiger partial charge in [-0.1, -0.05) is 6.07 Å². The summed E-state index contributed by atoms with van der Waals surface area (Å²) in [6.07, 6.45) is 2.70. The Morgan fingerprint density at radius 3 is 2.81 bits per heavy atom. The van der Waals surface area contributed by atoms with E-state index in [-0.39, 0.29) is 24.0 Å². The molecule has 2 N–H and O–H groups in total. The molecule has 0 atom stereocenters. The third-order valence-electron chi connectivity index (χ3n) is 4.40. The molecule has 0 saturated carbocycles. The molecule has 31 heavy (non-hydrogen) atoms. The molecule has 0 aliphatic carbocycles. The van der Waals surface area contributed by atoms with Gasteiger partial charge in [0.1, 0.15) is 0 Å². The molecule has 9 heteroatoms. The Morgan fingerprint density at radius 2 is 2.00 bits per heavy atom. The molecule has 1 aromatic carbocycles. The van der Waals surface area contributed by atoms with E-state index in [9.17, 15) is 0 Å². The third-order valence-corrected chi connectivity index (χ3v) is 5.34. The first-order chi connectivity index (χ1) is 14.8. The van der Waals surface area contributed by atoms with Gasteiger partial charge >= 0.3 is 0 Å². The van der Waals surface area contributed by atoms with Crippen molar-refractivity contribution in [1.29, 1.82) is 0 Å². The Kier molecular flexibility index (Phi) is 12.7. The van der Waals surface area contributed by atoms with Crippen LogP contribution in [0.3, 0.4) is 0 Å². The van der Waals surface area contributed by atoms with E-state index in [1.54, 1.807) is 18.4 Å². The molecule has 0 bridgehead atoms. The molecule has 2 heterocycles. The highest BCUT2D eigenvalue weighted by molar-refractivity contribution is 14.0. The first-order valence-electron chi connectivity index (χ1n) is 10.4. The number of hydrogen-bond donors (Lipinski definition) is 2. The van der Waals surface area contributed by atoms with Gasteiger partial charge in [0.15, 0.2) is 17.5 Å². The second kappa shape index (κ2) is 15.3. The van der Waals surface area contributed by atoms with Gasteiger partial charge in [-0.3, -0.25) is 4.99 Å². The van der Waals surface area contributed by atoms with Crippen LogP contribution in [0.5, 0.6) is 11.5 Å². The van der Waals surface area contributed by atoms with Gasteiger partial charge in [0.05, 0.1) is 26.4 Å². The number of rotatable bonds is 11. The van der Waals surface area contributed by atoms with E-state index in [1.165, 1.54) is 4.88 Å². The minimum absolute atomic E-state index is 0. The SMILES string of the molecule is COCCOCCCN=C(NCCc1cccs1)Nc1ccc2c(c1)OCCCO2.I. The Labute approximate surface area is 205 Å². The largest absolute Gasteiger partial charge is 0.490 e. The van der Waals surface area contributed by atoms with Crippen molar-refractivity contribution in [1.82, 2.24) is 5.32 Å². The summed E-state index contributed by atoms with van der Waals surface area (Å²) in [4.78, 5) is 6.05. The molecule has 7 nitrogen and oxygen atoms in total. The van der Waals surface area contributed by atoms with Crippen LogP contribution in [0.2, 0.25) is 0 Å². The molecule has 0 radical (unpaired) electrons. The summed E-state index contributed by atoms with van der Waals surface area (Å²) in [6.45, 7) is 4.72. The first kappa shape index (κ1) is 25.7. The highest BCUT2D eigenvalue weighted by Gasteiger charge is 2.11. The van der Waals surface area contributed by atoms with Crippen molar-refractivity contribution in [3.63, 3.8) is 0 Å². The molecular formula is C22H32IN3O4S. The number of halogens is 1. The van der Waals surface area contributed by atoms with E-state index in [1.807, 2.05) is 18.2 Å². The molecule has 3 rings (SSSR count). The van der Waals surface area contributed by atoms with Crippen molar-refractivity contribution >= 4 is 47.0 Å². The number of benzene rings is 1. The minimum atomic E-state index is 0. The maximum atomic E-state index is 5.80. The van der Waals surface area contributed by atoms with Crippen molar-refractivity contribution in [3.8, 4) is 11.5 Å². The normalized spacial score (nSPS) is 13.3. The zero-order valence-electron chi connectivity index (χ0n) is 17.9. The van der Waals surface area contributed by atoms with Gasteiger partial charge in [0.25, 0.3) is 0 Å². The monoisotopic (exact) mass is 561 g/mol. The molecule has 0 unspecified atom stereocenters. The Hall–Kier alpha value is -1.56. The highest BCUT2D eigenvalue weighted by atomic mass is 127. The number of guanidine groups is 1. The second-order valence-corrected chi connectivity index (χ2v) is 7.81. The summed E-state index contributed by atoms with van der Waals surface area (Å²) in [5, 5.41) is 8.91. The molecule has 0 amide bonds. The van der Waals surface area contributed by atoms with E-state index in [0.717, 1.165) is 49.0 Å². The average molecular weight is 561 g/mol. The predicted octanol–water partition coefficient (Wildman–Crippen LogP) is 4.18. The molecule has 1 aliphatic rings. The van der Waals surface area contributed by atoms with Crippen LogP contribution in [0.15, 0.2) is 40.7 Å². The zero-order valence-corrected chi connectivity index (χ0v) is 21.1. The van der Waals surface area contributed by atoms with Crippen LogP contribution < -0.4 is 20.1 Å². The topological polar surface area (TPSA) is 73.3 Å². The quantitative estimate of drug-likeness (QED) is 0.186. The lowest BCUT2D eigenvalue weighted by Gasteiger charge is -2.14. The van der Waals surface area contributed by atoms with Gasteiger partial charge in [0, 0.05) is 49.9 Å². The lowest BCUT2D eigenvalue weighted by molar-refractivity contribution is 0.0702. The molecule has 172 valence electrons. The van der Waals surface area contributed by atoms with E-state index in [0.29, 0.717) is 39.6 Å². The van der Waals surface area contributed by atoms with Crippen LogP contribution in [0, 0.1) is 0 Å². The van der Waals surface area contributed by atoms with Crippen molar-refractivity contribution in [2.45, 2.75) is 19.3 Å². The number of fused-ring (bicyclic) bond motifs is 1. The number of nitrogens with one attached hydrogen (secondary N) is 2. The molecule has 0 saturated heterocycles. The number of thiophene rings is 1. The van der Waals surface area contributed by atoms with Gasteiger partial charge in [-0.25, -0.2) is 0 Å². The fourth-order valence-electron chi connectivity index (χ4n) is 2.88. The first-order valence-corrected chi connectivity index (χ1v) is 11.3. The van der Waals surface area contributed by atoms with E-state index >= 15 is 0 Å². The van der Waals surface area contributed by atoms with Crippen LogP contribution in [-0.2, 0) is 15.9 Å². The summed E-state index contributed by atoms with van der Waals surface area (Å²) >= 11 is 1.77. The summed E-state index contributed by atoms with van der Waals surface area (Å²) in [5.74, 6) is 2.30. The summed E-state index contributed by atoms with van der Waals surface area (Å²) in [6, 6.07) is 10.1. The molecule has 0 fully saturated rings. The maximum Gasteiger partial charge on any atom is 0.195 e. The molecule has 2 aromatic rings. The van der Waals surface area contributed by atoms with Crippen LogP contribution in [0.4, 0.5) is 5.69 Å². The standard InChI is InChI=1S/C22H31N3O4S.HI/c1-26-14-15-27-11-3-9-23-22(24-10-8-19-5-2-16-30-19)25-18-6-7-20-21(17-18)29-13-4-12-28-20;/h2,5-7,16-17H,3-4,8-15H2,1H3,(H2,23,24,25);1H. The lowest BCUT2D eigenvalue weighted by atomic mass is 10.2. The highest BCUT2D eigenvalue weighted by Crippen LogP contribution is 2.32. The third kappa shape index (κ3) is 9.63. The van der Waals surface area contributed by atoms with Crippen molar-refractivity contribution in [2.24, 2.45) is 4.99 Å². The molecule has 0 spiro atoms. The summed E-state index contributed by atoms with van der Waals surface area (Å²) in [7, 11) is 1.67. The molecule has 1 aliphatic heterocycles. The number of ether oxygens (including phenoxy) is 4. The number of hydrogen-bond acceptors (Lipinski definition) is 6. The molecule has 1 aromatic heterocycles. The van der Waals surface area contributed by atoms with E-state index < -0.39 is 0 Å². The Balaban J connectivity index is 0.00000341. The number of nitrogens with zero attached hydrogens (tertiary/aromatic N) is 1. The van der Waals surface area contributed by atoms with Gasteiger partial charge in [0.2, 0.25) is 0 Å². The van der Waals surface area contributed by atoms with E-state index in [2.05, 4.69) is 28.1 Å². The van der Waals surface area contributed by atoms with Crippen LogP contribution >= 0.6 is 35.3 Å². The minimum Gasteiger partial charge on any atom is -0.490 e. The van der Waals surface area contributed by atoms with Gasteiger partial charge in [-0.2, -0.15) is 0 Å². The van der Waals surface area contributed by atoms with Crippen LogP contribution in [-0.4, -0.2) is 59.2 Å². The smallest absolute Gasteiger partial charge is 0.195 e. The maximum absolute atomic E-state index is 5.80. The fraction of sp³-hybridized carbons (Fsp3) is 0.500. The Morgan fingerprint density at radius 1 is 1.13 bits per heavy atom. The van der Waals surface area contributed by atoms with Crippen molar-refractivity contribution in [3.05, 3.63) is 40.6 Å². The van der Waals surface area contributed by atoms with Gasteiger partial charge in [-0.05, 0) is 36.4 Å².